The van der Waals surface area contributed by atoms with Crippen LogP contribution in [-0.2, 0) is 37.1 Å². The second-order valence-electron chi connectivity index (χ2n) is 14.6. The number of benzene rings is 2. The average molecular weight is 919 g/mol. The second kappa shape index (κ2) is 29.7. The molecule has 1 unspecified atom stereocenters. The minimum atomic E-state index is -0.613. The number of carbonyl (C=O) groups is 6. The highest BCUT2D eigenvalue weighted by Crippen LogP contribution is 2.34. The molecule has 3 aliphatic heterocycles. The average Bonchev–Trinajstić information content (AvgIpc) is 3.59. The minimum absolute atomic E-state index is 0.144. The van der Waals surface area contributed by atoms with Crippen LogP contribution in [0.25, 0.3) is 5.57 Å². The summed E-state index contributed by atoms with van der Waals surface area (Å²) in [6.45, 7) is 20.1. The van der Waals surface area contributed by atoms with Crippen LogP contribution in [0, 0.1) is 5.92 Å². The van der Waals surface area contributed by atoms with Gasteiger partial charge in [-0.25, -0.2) is 5.01 Å². The lowest BCUT2D eigenvalue weighted by Gasteiger charge is -2.40. The number of rotatable bonds is 17. The zero-order valence-electron chi connectivity index (χ0n) is 38.3. The smallest absolute Gasteiger partial charge is 0.255 e. The first-order chi connectivity index (χ1) is 29.8. The second-order valence-corrected chi connectivity index (χ2v) is 15.8. The molecular formula is C48H68BrN7O6. The molecule has 0 aliphatic carbocycles. The van der Waals surface area contributed by atoms with Crippen molar-refractivity contribution in [3.8, 4) is 0 Å². The number of hydrazone groups is 1. The Balaban J connectivity index is 0.00000121. The van der Waals surface area contributed by atoms with Crippen LogP contribution in [0.3, 0.4) is 0 Å². The molecule has 0 radical (unpaired) electrons. The van der Waals surface area contributed by atoms with Gasteiger partial charge in [0.05, 0.1) is 18.0 Å². The third kappa shape index (κ3) is 17.9. The molecule has 0 aromatic heterocycles. The lowest BCUT2D eigenvalue weighted by Crippen LogP contribution is -2.44. The number of nitrogens with one attached hydrogen (secondary N) is 2. The standard InChI is InChI=1S/C36H42BrN7O4.C4H8O.C4H6O.2C2H6/c1-24(37)34(15-39-42(4)23-46)40-31-14-28(17-41(3)21-31)26-7-5-25(6-8-26)16-43-18-30(19-43)27-9-11-33-29(13-27)20-44(36(33)48)32(22-45)10-12-35(47)38-2;1-4(2)3-5;1-2-3-4-5;2*1-2/h5-9,11,13,15,17,21-23,30,32,40H,10,12,14,16,18-20H2,1-4H3,(H,38,47);3-4H,1-2H3;2,4H,1,3H2;2*1-2H3/b34-24-,39-15-;;;;. The van der Waals surface area contributed by atoms with Gasteiger partial charge in [0.1, 0.15) is 18.9 Å². The van der Waals surface area contributed by atoms with Crippen molar-refractivity contribution in [3.63, 3.8) is 0 Å². The summed E-state index contributed by atoms with van der Waals surface area (Å²) in [5.74, 6) is 0.303. The van der Waals surface area contributed by atoms with Crippen LogP contribution >= 0.6 is 15.9 Å². The molecule has 14 heteroatoms. The molecule has 3 amide bonds. The van der Waals surface area contributed by atoms with E-state index in [2.05, 4.69) is 79.7 Å². The number of fused-ring (bicyclic) bond motifs is 1. The summed E-state index contributed by atoms with van der Waals surface area (Å²) in [5.41, 5.74) is 8.17. The van der Waals surface area contributed by atoms with Gasteiger partial charge < -0.3 is 34.8 Å². The van der Waals surface area contributed by atoms with E-state index in [1.807, 2.05) is 78.7 Å². The molecule has 62 heavy (non-hydrogen) atoms. The van der Waals surface area contributed by atoms with Crippen molar-refractivity contribution in [3.05, 3.63) is 111 Å². The van der Waals surface area contributed by atoms with E-state index < -0.39 is 6.04 Å². The first-order valence-electron chi connectivity index (χ1n) is 21.2. The normalized spacial score (nSPS) is 15.1. The number of carbonyl (C=O) groups excluding carboxylic acids is 6. The summed E-state index contributed by atoms with van der Waals surface area (Å²) < 4.78 is 0.874. The van der Waals surface area contributed by atoms with Gasteiger partial charge in [-0.3, -0.25) is 19.3 Å². The molecular weight excluding hydrogens is 850 g/mol. The molecule has 2 aromatic carbocycles. The molecule has 2 aromatic rings. The van der Waals surface area contributed by atoms with Crippen LogP contribution in [0.4, 0.5) is 0 Å². The van der Waals surface area contributed by atoms with E-state index in [-0.39, 0.29) is 24.2 Å². The maximum atomic E-state index is 13.0. The van der Waals surface area contributed by atoms with Crippen molar-refractivity contribution in [1.82, 2.24) is 30.3 Å². The van der Waals surface area contributed by atoms with Gasteiger partial charge in [-0.05, 0) is 47.2 Å². The van der Waals surface area contributed by atoms with Crippen LogP contribution in [0.15, 0.2) is 88.5 Å². The first-order valence-corrected chi connectivity index (χ1v) is 22.0. The summed E-state index contributed by atoms with van der Waals surface area (Å²) in [4.78, 5) is 72.3. The maximum Gasteiger partial charge on any atom is 0.255 e. The Labute approximate surface area is 378 Å². The van der Waals surface area contributed by atoms with E-state index in [9.17, 15) is 28.8 Å². The van der Waals surface area contributed by atoms with Crippen molar-refractivity contribution in [1.29, 1.82) is 0 Å². The topological polar surface area (TPSA) is 152 Å². The quantitative estimate of drug-likeness (QED) is 0.0701. The molecule has 0 saturated carbocycles. The molecule has 13 nitrogen and oxygen atoms in total. The Kier molecular flexibility index (Phi) is 26.2. The number of aldehydes is 3. The highest BCUT2D eigenvalue weighted by atomic mass is 79.9. The van der Waals surface area contributed by atoms with Gasteiger partial charge in [-0.1, -0.05) is 99.9 Å². The van der Waals surface area contributed by atoms with E-state index in [0.717, 1.165) is 65.5 Å². The van der Waals surface area contributed by atoms with Crippen molar-refractivity contribution >= 4 is 64.8 Å². The van der Waals surface area contributed by atoms with Crippen molar-refractivity contribution in [2.24, 2.45) is 11.0 Å². The van der Waals surface area contributed by atoms with Gasteiger partial charge in [-0.15, -0.1) is 6.58 Å². The molecule has 3 heterocycles. The molecule has 5 rings (SSSR count). The molecule has 1 fully saturated rings. The van der Waals surface area contributed by atoms with E-state index in [1.54, 1.807) is 31.3 Å². The molecule has 1 atom stereocenters. The highest BCUT2D eigenvalue weighted by molar-refractivity contribution is 9.11. The van der Waals surface area contributed by atoms with E-state index in [0.29, 0.717) is 43.7 Å². The van der Waals surface area contributed by atoms with Crippen molar-refractivity contribution in [2.75, 3.05) is 34.2 Å². The van der Waals surface area contributed by atoms with E-state index in [4.69, 9.17) is 0 Å². The minimum Gasteiger partial charge on any atom is -0.359 e. The van der Waals surface area contributed by atoms with Crippen LogP contribution in [0.1, 0.15) is 113 Å². The van der Waals surface area contributed by atoms with Gasteiger partial charge >= 0.3 is 0 Å². The summed E-state index contributed by atoms with van der Waals surface area (Å²) in [6.07, 6.45) is 12.2. The van der Waals surface area contributed by atoms with E-state index >= 15 is 0 Å². The fraction of sp³-hybridized carbons (Fsp3) is 0.438. The summed E-state index contributed by atoms with van der Waals surface area (Å²) in [7, 11) is 5.15. The lowest BCUT2D eigenvalue weighted by atomic mass is 9.89. The Morgan fingerprint density at radius 1 is 1.02 bits per heavy atom. The zero-order chi connectivity index (χ0) is 46.8. The molecule has 1 saturated heterocycles. The third-order valence-corrected chi connectivity index (χ3v) is 9.87. The number of likely N-dealkylation sites (tertiary alicyclic amines) is 1. The largest absolute Gasteiger partial charge is 0.359 e. The fourth-order valence-electron chi connectivity index (χ4n) is 6.28. The number of allylic oxidation sites excluding steroid dienone is 4. The van der Waals surface area contributed by atoms with E-state index in [1.165, 1.54) is 21.7 Å². The van der Waals surface area contributed by atoms with Crippen molar-refractivity contribution < 1.29 is 28.8 Å². The SMILES string of the molecule is C=CCC=O.CC.CC.CC(C)C=O.CNC(=O)CCC(C=O)N1Cc2cc(C3CN(Cc4ccc(C5=CN(C)C=C(NC(/C=N\N(C)C=O)=C(/C)Br)C5)cc4)C3)ccc2C1=O. The number of halogens is 1. The fourth-order valence-corrected chi connectivity index (χ4v) is 6.48. The summed E-state index contributed by atoms with van der Waals surface area (Å²) in [6, 6.07) is 14.2. The number of nitrogens with zero attached hydrogens (tertiary/aromatic N) is 5. The van der Waals surface area contributed by atoms with Gasteiger partial charge in [-0.2, -0.15) is 5.10 Å². The first kappa shape index (κ1) is 54.5. The Morgan fingerprint density at radius 2 is 1.66 bits per heavy atom. The predicted molar refractivity (Wildman–Crippen MR) is 254 cm³/mol. The third-order valence-electron chi connectivity index (χ3n) is 9.45. The summed E-state index contributed by atoms with van der Waals surface area (Å²) in [5, 5.41) is 11.3. The van der Waals surface area contributed by atoms with Crippen molar-refractivity contribution in [2.45, 2.75) is 99.2 Å². The monoisotopic (exact) mass is 917 g/mol. The number of amides is 3. The number of hydrogen-bond acceptors (Lipinski definition) is 10. The van der Waals surface area contributed by atoms with Gasteiger partial charge in [0.2, 0.25) is 12.3 Å². The maximum absolute atomic E-state index is 13.0. The molecule has 0 spiro atoms. The van der Waals surface area contributed by atoms with Crippen LogP contribution in [0.2, 0.25) is 0 Å². The van der Waals surface area contributed by atoms with Gasteiger partial charge in [0.25, 0.3) is 5.91 Å². The predicted octanol–water partition coefficient (Wildman–Crippen LogP) is 7.80. The molecule has 0 bridgehead atoms. The molecule has 3 aliphatic rings. The molecule has 2 N–H and O–H groups in total. The van der Waals surface area contributed by atoms with Crippen LogP contribution < -0.4 is 10.6 Å². The Morgan fingerprint density at radius 3 is 2.18 bits per heavy atom. The van der Waals surface area contributed by atoms with Gasteiger partial charge in [0, 0.05) is 107 Å². The zero-order valence-corrected chi connectivity index (χ0v) is 39.9. The number of hydrogen-bond donors (Lipinski definition) is 2. The summed E-state index contributed by atoms with van der Waals surface area (Å²) >= 11 is 3.53. The molecule has 338 valence electrons. The highest BCUT2D eigenvalue weighted by Gasteiger charge is 2.35. The van der Waals surface area contributed by atoms with Crippen LogP contribution in [-0.4, -0.2) is 103 Å². The Hall–Kier alpha value is -5.47. The van der Waals surface area contributed by atoms with Crippen LogP contribution in [0.5, 0.6) is 0 Å². The lowest BCUT2D eigenvalue weighted by molar-refractivity contribution is -0.121. The van der Waals surface area contributed by atoms with Gasteiger partial charge in [0.15, 0.2) is 0 Å². The Bertz CT molecular complexity index is 1890.